The molecular formula is C17H18N2O2. The van der Waals surface area contributed by atoms with Gasteiger partial charge in [0.2, 0.25) is 5.88 Å². The molecule has 0 radical (unpaired) electrons. The molecule has 0 saturated heterocycles. The largest absolute Gasteiger partial charge is 0.469 e. The standard InChI is InChI=1S/C17H18N2O2/c1-10(2)12-4-6-13(7-5-12)15-16(19-21-17(15)18)14-8-11(3)20-9-14/h4-10H,18H2,1-3H3. The molecular weight excluding hydrogens is 264 g/mol. The van der Waals surface area contributed by atoms with Gasteiger partial charge in [0.1, 0.15) is 17.7 Å². The van der Waals surface area contributed by atoms with Crippen molar-refractivity contribution >= 4 is 5.88 Å². The highest BCUT2D eigenvalue weighted by Gasteiger charge is 2.18. The lowest BCUT2D eigenvalue weighted by Gasteiger charge is -2.06. The van der Waals surface area contributed by atoms with E-state index in [1.807, 2.05) is 13.0 Å². The Morgan fingerprint density at radius 2 is 1.81 bits per heavy atom. The Morgan fingerprint density at radius 1 is 1.10 bits per heavy atom. The van der Waals surface area contributed by atoms with Crippen LogP contribution in [0.3, 0.4) is 0 Å². The van der Waals surface area contributed by atoms with Crippen molar-refractivity contribution in [1.29, 1.82) is 0 Å². The molecule has 2 N–H and O–H groups in total. The average molecular weight is 282 g/mol. The van der Waals surface area contributed by atoms with Crippen LogP contribution in [0.25, 0.3) is 22.4 Å². The zero-order valence-corrected chi connectivity index (χ0v) is 12.4. The number of anilines is 1. The van der Waals surface area contributed by atoms with Gasteiger partial charge in [0.05, 0.1) is 5.56 Å². The SMILES string of the molecule is Cc1cc(-c2noc(N)c2-c2ccc(C(C)C)cc2)co1. The summed E-state index contributed by atoms with van der Waals surface area (Å²) in [5.41, 5.74) is 10.6. The third kappa shape index (κ3) is 2.44. The van der Waals surface area contributed by atoms with Gasteiger partial charge >= 0.3 is 0 Å². The van der Waals surface area contributed by atoms with Crippen LogP contribution in [0.1, 0.15) is 31.1 Å². The molecule has 0 spiro atoms. The summed E-state index contributed by atoms with van der Waals surface area (Å²) in [5.74, 6) is 1.64. The topological polar surface area (TPSA) is 65.2 Å². The molecule has 0 unspecified atom stereocenters. The van der Waals surface area contributed by atoms with Crippen LogP contribution in [-0.4, -0.2) is 5.16 Å². The van der Waals surface area contributed by atoms with E-state index in [9.17, 15) is 0 Å². The first-order valence-electron chi connectivity index (χ1n) is 6.97. The summed E-state index contributed by atoms with van der Waals surface area (Å²) >= 11 is 0. The number of rotatable bonds is 3. The summed E-state index contributed by atoms with van der Waals surface area (Å²) in [6.45, 7) is 6.23. The quantitative estimate of drug-likeness (QED) is 0.761. The van der Waals surface area contributed by atoms with E-state index in [0.717, 1.165) is 22.5 Å². The lowest BCUT2D eigenvalue weighted by atomic mass is 9.97. The minimum atomic E-state index is 0.321. The van der Waals surface area contributed by atoms with Gasteiger partial charge in [-0.25, -0.2) is 0 Å². The van der Waals surface area contributed by atoms with Gasteiger partial charge in [0.15, 0.2) is 0 Å². The van der Waals surface area contributed by atoms with Crippen LogP contribution in [0, 0.1) is 6.92 Å². The molecule has 0 aliphatic rings. The maximum absolute atomic E-state index is 5.96. The summed E-state index contributed by atoms with van der Waals surface area (Å²) in [6, 6.07) is 10.2. The smallest absolute Gasteiger partial charge is 0.230 e. The first-order chi connectivity index (χ1) is 10.1. The molecule has 0 fully saturated rings. The predicted octanol–water partition coefficient (Wildman–Crippen LogP) is 4.62. The second-order valence-electron chi connectivity index (χ2n) is 5.49. The van der Waals surface area contributed by atoms with Crippen molar-refractivity contribution in [1.82, 2.24) is 5.16 Å². The van der Waals surface area contributed by atoms with Crippen LogP contribution in [0.2, 0.25) is 0 Å². The number of nitrogen functional groups attached to an aromatic ring is 1. The van der Waals surface area contributed by atoms with Gasteiger partial charge in [-0.05, 0) is 30.0 Å². The van der Waals surface area contributed by atoms with E-state index >= 15 is 0 Å². The molecule has 1 aromatic carbocycles. The maximum Gasteiger partial charge on any atom is 0.230 e. The average Bonchev–Trinajstić information content (AvgIpc) is 3.05. The highest BCUT2D eigenvalue weighted by atomic mass is 16.5. The second kappa shape index (κ2) is 5.13. The molecule has 4 heteroatoms. The van der Waals surface area contributed by atoms with E-state index in [2.05, 4.69) is 43.3 Å². The maximum atomic E-state index is 5.96. The lowest BCUT2D eigenvalue weighted by Crippen LogP contribution is -1.90. The first-order valence-corrected chi connectivity index (χ1v) is 6.97. The van der Waals surface area contributed by atoms with Crippen molar-refractivity contribution in [3.05, 3.63) is 47.9 Å². The van der Waals surface area contributed by atoms with Crippen molar-refractivity contribution in [3.8, 4) is 22.4 Å². The molecule has 21 heavy (non-hydrogen) atoms. The Kier molecular flexibility index (Phi) is 3.29. The van der Waals surface area contributed by atoms with Crippen LogP contribution < -0.4 is 5.73 Å². The van der Waals surface area contributed by atoms with Crippen LogP contribution in [0.4, 0.5) is 5.88 Å². The molecule has 108 valence electrons. The summed E-state index contributed by atoms with van der Waals surface area (Å²) in [4.78, 5) is 0. The summed E-state index contributed by atoms with van der Waals surface area (Å²) in [6.07, 6.45) is 1.67. The predicted molar refractivity (Wildman–Crippen MR) is 82.9 cm³/mol. The van der Waals surface area contributed by atoms with Gasteiger partial charge in [-0.15, -0.1) is 0 Å². The number of nitrogens with two attached hydrogens (primary N) is 1. The van der Waals surface area contributed by atoms with E-state index in [1.54, 1.807) is 6.26 Å². The highest BCUT2D eigenvalue weighted by Crippen LogP contribution is 2.37. The Balaban J connectivity index is 2.08. The Bertz CT molecular complexity index is 751. The molecule has 0 aliphatic heterocycles. The molecule has 0 aliphatic carbocycles. The van der Waals surface area contributed by atoms with E-state index in [-0.39, 0.29) is 0 Å². The van der Waals surface area contributed by atoms with E-state index in [0.29, 0.717) is 17.5 Å². The highest BCUT2D eigenvalue weighted by molar-refractivity contribution is 5.86. The molecule has 0 bridgehead atoms. The molecule has 4 nitrogen and oxygen atoms in total. The first kappa shape index (κ1) is 13.5. The number of aryl methyl sites for hydroxylation is 1. The number of nitrogens with zero attached hydrogens (tertiary/aromatic N) is 1. The van der Waals surface area contributed by atoms with Crippen LogP contribution in [0.15, 0.2) is 45.5 Å². The lowest BCUT2D eigenvalue weighted by molar-refractivity contribution is 0.439. The van der Waals surface area contributed by atoms with E-state index in [4.69, 9.17) is 14.7 Å². The third-order valence-electron chi connectivity index (χ3n) is 3.59. The van der Waals surface area contributed by atoms with Gasteiger partial charge in [0.25, 0.3) is 0 Å². The van der Waals surface area contributed by atoms with E-state index in [1.165, 1.54) is 5.56 Å². The third-order valence-corrected chi connectivity index (χ3v) is 3.59. The molecule has 3 rings (SSSR count). The summed E-state index contributed by atoms with van der Waals surface area (Å²) in [7, 11) is 0. The molecule has 2 heterocycles. The number of aromatic nitrogens is 1. The van der Waals surface area contributed by atoms with Crippen molar-refractivity contribution in [3.63, 3.8) is 0 Å². The number of hydrogen-bond acceptors (Lipinski definition) is 4. The van der Waals surface area contributed by atoms with Crippen molar-refractivity contribution in [2.75, 3.05) is 5.73 Å². The van der Waals surface area contributed by atoms with Crippen molar-refractivity contribution in [2.24, 2.45) is 0 Å². The molecule has 0 atom stereocenters. The van der Waals surface area contributed by atoms with Gasteiger partial charge < -0.3 is 14.7 Å². The summed E-state index contributed by atoms with van der Waals surface area (Å²) < 4.78 is 10.5. The molecule has 0 saturated carbocycles. The monoisotopic (exact) mass is 282 g/mol. The van der Waals surface area contributed by atoms with Gasteiger partial charge in [-0.1, -0.05) is 43.3 Å². The molecule has 0 amide bonds. The fraction of sp³-hybridized carbons (Fsp3) is 0.235. The van der Waals surface area contributed by atoms with Crippen LogP contribution in [0.5, 0.6) is 0 Å². The van der Waals surface area contributed by atoms with Crippen molar-refractivity contribution in [2.45, 2.75) is 26.7 Å². The number of benzene rings is 1. The van der Waals surface area contributed by atoms with Gasteiger partial charge in [-0.2, -0.15) is 0 Å². The number of furan rings is 1. The Morgan fingerprint density at radius 3 is 2.38 bits per heavy atom. The van der Waals surface area contributed by atoms with Gasteiger partial charge in [0, 0.05) is 5.56 Å². The molecule has 3 aromatic rings. The zero-order valence-electron chi connectivity index (χ0n) is 12.4. The molecule has 2 aromatic heterocycles. The minimum Gasteiger partial charge on any atom is -0.469 e. The minimum absolute atomic E-state index is 0.321. The summed E-state index contributed by atoms with van der Waals surface area (Å²) in [5, 5.41) is 4.07. The van der Waals surface area contributed by atoms with Crippen LogP contribution >= 0.6 is 0 Å². The normalized spacial score (nSPS) is 11.2. The van der Waals surface area contributed by atoms with Crippen molar-refractivity contribution < 1.29 is 8.94 Å². The Hall–Kier alpha value is -2.49. The number of hydrogen-bond donors (Lipinski definition) is 1. The van der Waals surface area contributed by atoms with Crippen LogP contribution in [-0.2, 0) is 0 Å². The van der Waals surface area contributed by atoms with Gasteiger partial charge in [-0.3, -0.25) is 0 Å². The zero-order chi connectivity index (χ0) is 15.0. The Labute approximate surface area is 123 Å². The fourth-order valence-corrected chi connectivity index (χ4v) is 2.38. The second-order valence-corrected chi connectivity index (χ2v) is 5.49. The van der Waals surface area contributed by atoms with E-state index < -0.39 is 0 Å². The fourth-order valence-electron chi connectivity index (χ4n) is 2.38.